The summed E-state index contributed by atoms with van der Waals surface area (Å²) in [5, 5.41) is 0. The molecule has 0 aromatic carbocycles. The average Bonchev–Trinajstić information content (AvgIpc) is 2.47. The fraction of sp³-hybridized carbons (Fsp3) is 0.917. The van der Waals surface area contributed by atoms with Gasteiger partial charge in [0.1, 0.15) is 0 Å². The summed E-state index contributed by atoms with van der Waals surface area (Å²) in [6.45, 7) is 3.20. The normalized spacial score (nSPS) is 18.5. The predicted molar refractivity (Wildman–Crippen MR) is 62.5 cm³/mol. The Morgan fingerprint density at radius 2 is 1.87 bits per heavy atom. The summed E-state index contributed by atoms with van der Waals surface area (Å²) in [5.74, 6) is 0.218. The molecule has 1 aliphatic rings. The molecular weight excluding hydrogens is 188 g/mol. The first-order valence-electron chi connectivity index (χ1n) is 6.23. The van der Waals surface area contributed by atoms with E-state index in [0.717, 1.165) is 13.0 Å². The first kappa shape index (κ1) is 12.5. The van der Waals surface area contributed by atoms with Crippen molar-refractivity contribution in [2.45, 2.75) is 57.9 Å². The highest BCUT2D eigenvalue weighted by atomic mass is 16.2. The van der Waals surface area contributed by atoms with Gasteiger partial charge >= 0.3 is 0 Å². The van der Waals surface area contributed by atoms with Gasteiger partial charge in [0.25, 0.3) is 0 Å². The van der Waals surface area contributed by atoms with Gasteiger partial charge in [0.15, 0.2) is 0 Å². The predicted octanol–water partition coefficient (Wildman–Crippen LogP) is 1.91. The van der Waals surface area contributed by atoms with Gasteiger partial charge in [-0.2, -0.15) is 0 Å². The Labute approximate surface area is 93.0 Å². The molecule has 3 nitrogen and oxygen atoms in total. The SMILES string of the molecule is CC(=O)N(CCCN)C1CCCCCC1. The molecule has 0 heterocycles. The molecule has 88 valence electrons. The van der Waals surface area contributed by atoms with Crippen LogP contribution >= 0.6 is 0 Å². The molecule has 0 atom stereocenters. The molecule has 0 bridgehead atoms. The molecule has 0 radical (unpaired) electrons. The van der Waals surface area contributed by atoms with Gasteiger partial charge in [0.2, 0.25) is 5.91 Å². The van der Waals surface area contributed by atoms with Crippen molar-refractivity contribution in [3.05, 3.63) is 0 Å². The van der Waals surface area contributed by atoms with Crippen LogP contribution in [0.1, 0.15) is 51.9 Å². The highest BCUT2D eigenvalue weighted by Crippen LogP contribution is 2.22. The van der Waals surface area contributed by atoms with Gasteiger partial charge < -0.3 is 10.6 Å². The zero-order valence-corrected chi connectivity index (χ0v) is 9.87. The van der Waals surface area contributed by atoms with Crippen molar-refractivity contribution in [2.75, 3.05) is 13.1 Å². The Bertz CT molecular complexity index is 186. The van der Waals surface area contributed by atoms with Crippen LogP contribution < -0.4 is 5.73 Å². The summed E-state index contributed by atoms with van der Waals surface area (Å²) in [6.07, 6.45) is 8.51. The second-order valence-electron chi connectivity index (χ2n) is 4.50. The van der Waals surface area contributed by atoms with E-state index in [9.17, 15) is 4.79 Å². The molecular formula is C12H24N2O. The van der Waals surface area contributed by atoms with Crippen molar-refractivity contribution in [2.24, 2.45) is 5.73 Å². The molecule has 0 unspecified atom stereocenters. The number of amides is 1. The van der Waals surface area contributed by atoms with E-state index in [0.29, 0.717) is 12.6 Å². The Morgan fingerprint density at radius 3 is 2.33 bits per heavy atom. The van der Waals surface area contributed by atoms with E-state index in [2.05, 4.69) is 0 Å². The number of nitrogens with two attached hydrogens (primary N) is 1. The second kappa shape index (κ2) is 6.83. The second-order valence-corrected chi connectivity index (χ2v) is 4.50. The van der Waals surface area contributed by atoms with E-state index in [4.69, 9.17) is 5.73 Å². The number of carbonyl (C=O) groups is 1. The molecule has 1 fully saturated rings. The highest BCUT2D eigenvalue weighted by molar-refractivity contribution is 5.73. The van der Waals surface area contributed by atoms with E-state index >= 15 is 0 Å². The zero-order chi connectivity index (χ0) is 11.1. The molecule has 0 spiro atoms. The molecule has 1 amide bonds. The summed E-state index contributed by atoms with van der Waals surface area (Å²) >= 11 is 0. The van der Waals surface area contributed by atoms with Crippen LogP contribution in [0, 0.1) is 0 Å². The monoisotopic (exact) mass is 212 g/mol. The van der Waals surface area contributed by atoms with Gasteiger partial charge in [0.05, 0.1) is 0 Å². The first-order valence-corrected chi connectivity index (χ1v) is 6.23. The average molecular weight is 212 g/mol. The summed E-state index contributed by atoms with van der Waals surface area (Å²) < 4.78 is 0. The van der Waals surface area contributed by atoms with E-state index in [-0.39, 0.29) is 5.91 Å². The van der Waals surface area contributed by atoms with Crippen molar-refractivity contribution in [3.63, 3.8) is 0 Å². The lowest BCUT2D eigenvalue weighted by Crippen LogP contribution is -2.40. The van der Waals surface area contributed by atoms with Gasteiger partial charge in [-0.1, -0.05) is 25.7 Å². The van der Waals surface area contributed by atoms with Gasteiger partial charge in [-0.15, -0.1) is 0 Å². The van der Waals surface area contributed by atoms with Crippen LogP contribution in [0.25, 0.3) is 0 Å². The van der Waals surface area contributed by atoms with E-state index in [1.807, 2.05) is 4.90 Å². The third-order valence-electron chi connectivity index (χ3n) is 3.27. The number of nitrogens with zero attached hydrogens (tertiary/aromatic N) is 1. The molecule has 0 saturated heterocycles. The largest absolute Gasteiger partial charge is 0.340 e. The Kier molecular flexibility index (Phi) is 5.69. The summed E-state index contributed by atoms with van der Waals surface area (Å²) in [7, 11) is 0. The van der Waals surface area contributed by atoms with Crippen molar-refractivity contribution in [1.29, 1.82) is 0 Å². The zero-order valence-electron chi connectivity index (χ0n) is 9.87. The molecule has 3 heteroatoms. The van der Waals surface area contributed by atoms with Gasteiger partial charge in [0, 0.05) is 19.5 Å². The van der Waals surface area contributed by atoms with Crippen LogP contribution in [0.5, 0.6) is 0 Å². The molecule has 0 aromatic heterocycles. The smallest absolute Gasteiger partial charge is 0.219 e. The number of rotatable bonds is 4. The minimum atomic E-state index is 0.218. The number of hydrogen-bond donors (Lipinski definition) is 1. The van der Waals surface area contributed by atoms with Crippen molar-refractivity contribution >= 4 is 5.91 Å². The lowest BCUT2D eigenvalue weighted by Gasteiger charge is -2.30. The molecule has 15 heavy (non-hydrogen) atoms. The standard InChI is InChI=1S/C12H24N2O/c1-11(15)14(10-6-9-13)12-7-4-2-3-5-8-12/h12H,2-10,13H2,1H3. The van der Waals surface area contributed by atoms with Crippen molar-refractivity contribution in [1.82, 2.24) is 4.90 Å². The van der Waals surface area contributed by atoms with Gasteiger partial charge in [-0.05, 0) is 25.8 Å². The van der Waals surface area contributed by atoms with Gasteiger partial charge in [-0.25, -0.2) is 0 Å². The van der Waals surface area contributed by atoms with Gasteiger partial charge in [-0.3, -0.25) is 4.79 Å². The van der Waals surface area contributed by atoms with Crippen LogP contribution in [0.15, 0.2) is 0 Å². The maximum absolute atomic E-state index is 11.5. The van der Waals surface area contributed by atoms with Crippen molar-refractivity contribution < 1.29 is 4.79 Å². The quantitative estimate of drug-likeness (QED) is 0.724. The molecule has 1 saturated carbocycles. The summed E-state index contributed by atoms with van der Waals surface area (Å²) in [4.78, 5) is 13.6. The Hall–Kier alpha value is -0.570. The van der Waals surface area contributed by atoms with E-state index in [1.54, 1.807) is 6.92 Å². The third kappa shape index (κ3) is 4.20. The van der Waals surface area contributed by atoms with E-state index in [1.165, 1.54) is 38.5 Å². The number of carbonyl (C=O) groups excluding carboxylic acids is 1. The highest BCUT2D eigenvalue weighted by Gasteiger charge is 2.21. The van der Waals surface area contributed by atoms with Crippen LogP contribution in [0.4, 0.5) is 0 Å². The minimum absolute atomic E-state index is 0.218. The van der Waals surface area contributed by atoms with Crippen LogP contribution in [-0.2, 0) is 4.79 Å². The fourth-order valence-corrected chi connectivity index (χ4v) is 2.43. The maximum atomic E-state index is 11.5. The Balaban J connectivity index is 2.48. The lowest BCUT2D eigenvalue weighted by molar-refractivity contribution is -0.131. The molecule has 0 aliphatic heterocycles. The van der Waals surface area contributed by atoms with E-state index < -0.39 is 0 Å². The minimum Gasteiger partial charge on any atom is -0.340 e. The Morgan fingerprint density at radius 1 is 1.27 bits per heavy atom. The maximum Gasteiger partial charge on any atom is 0.219 e. The molecule has 1 aliphatic carbocycles. The lowest BCUT2D eigenvalue weighted by atomic mass is 10.1. The molecule has 2 N–H and O–H groups in total. The van der Waals surface area contributed by atoms with Crippen molar-refractivity contribution in [3.8, 4) is 0 Å². The molecule has 1 rings (SSSR count). The van der Waals surface area contributed by atoms with Crippen LogP contribution in [0.2, 0.25) is 0 Å². The first-order chi connectivity index (χ1) is 7.25. The third-order valence-corrected chi connectivity index (χ3v) is 3.27. The fourth-order valence-electron chi connectivity index (χ4n) is 2.43. The summed E-state index contributed by atoms with van der Waals surface area (Å²) in [5.41, 5.74) is 5.50. The van der Waals surface area contributed by atoms with Crippen LogP contribution in [0.3, 0.4) is 0 Å². The summed E-state index contributed by atoms with van der Waals surface area (Å²) in [6, 6.07) is 0.483. The van der Waals surface area contributed by atoms with Crippen LogP contribution in [-0.4, -0.2) is 29.9 Å². The topological polar surface area (TPSA) is 46.3 Å². The molecule has 0 aromatic rings. The number of hydrogen-bond acceptors (Lipinski definition) is 2.